The molecule has 0 saturated carbocycles. The molecule has 0 spiro atoms. The molecule has 0 aliphatic rings. The summed E-state index contributed by atoms with van der Waals surface area (Å²) >= 11 is 3.01. The molecule has 0 bridgehead atoms. The standard InChI is InChI=1S/C22H24N4OS2.ClH/c1-4-25(5-2)12-13-26(22-24-17-11-10-15(3)14-19(17)29-22)21(27)20-23-16-8-6-7-9-18(16)28-20;/h6-11,14H,4-5,12-13H2,1-3H3;1H. The number of rotatable bonds is 7. The van der Waals surface area contributed by atoms with Gasteiger partial charge in [-0.1, -0.05) is 43.4 Å². The van der Waals surface area contributed by atoms with Crippen molar-refractivity contribution in [3.05, 3.63) is 53.0 Å². The van der Waals surface area contributed by atoms with Gasteiger partial charge in [0, 0.05) is 13.1 Å². The van der Waals surface area contributed by atoms with Crippen molar-refractivity contribution in [2.24, 2.45) is 0 Å². The third kappa shape index (κ3) is 4.64. The Bertz CT molecular complexity index is 1120. The number of fused-ring (bicyclic) bond motifs is 2. The highest BCUT2D eigenvalue weighted by Crippen LogP contribution is 2.31. The van der Waals surface area contributed by atoms with Crippen LogP contribution < -0.4 is 4.90 Å². The number of carbonyl (C=O) groups excluding carboxylic acids is 1. The van der Waals surface area contributed by atoms with Gasteiger partial charge in [0.2, 0.25) is 0 Å². The molecule has 0 N–H and O–H groups in total. The summed E-state index contributed by atoms with van der Waals surface area (Å²) in [6.07, 6.45) is 0. The van der Waals surface area contributed by atoms with Gasteiger partial charge in [-0.25, -0.2) is 9.97 Å². The average Bonchev–Trinajstić information content (AvgIpc) is 3.34. The van der Waals surface area contributed by atoms with Crippen LogP contribution >= 0.6 is 35.1 Å². The molecule has 158 valence electrons. The van der Waals surface area contributed by atoms with E-state index < -0.39 is 0 Å². The molecule has 4 rings (SSSR count). The van der Waals surface area contributed by atoms with Crippen molar-refractivity contribution in [1.82, 2.24) is 14.9 Å². The van der Waals surface area contributed by atoms with Crippen molar-refractivity contribution in [2.75, 3.05) is 31.1 Å². The molecular weight excluding hydrogens is 436 g/mol. The summed E-state index contributed by atoms with van der Waals surface area (Å²) < 4.78 is 2.13. The zero-order valence-electron chi connectivity index (χ0n) is 17.3. The lowest BCUT2D eigenvalue weighted by Gasteiger charge is -2.24. The minimum atomic E-state index is -0.0749. The van der Waals surface area contributed by atoms with Crippen LogP contribution in [0.1, 0.15) is 29.2 Å². The normalized spacial score (nSPS) is 11.2. The van der Waals surface area contributed by atoms with Gasteiger partial charge in [-0.05, 0) is 49.8 Å². The molecule has 0 radical (unpaired) electrons. The molecule has 2 aromatic heterocycles. The lowest BCUT2D eigenvalue weighted by Crippen LogP contribution is -2.38. The van der Waals surface area contributed by atoms with E-state index in [1.165, 1.54) is 16.9 Å². The highest BCUT2D eigenvalue weighted by atomic mass is 35.5. The number of thiazole rings is 2. The molecule has 0 fully saturated rings. The Morgan fingerprint density at radius 3 is 2.40 bits per heavy atom. The number of aryl methyl sites for hydroxylation is 1. The number of hydrogen-bond donors (Lipinski definition) is 0. The first-order valence-corrected chi connectivity index (χ1v) is 11.5. The molecule has 2 heterocycles. The maximum absolute atomic E-state index is 13.5. The molecule has 2 aromatic carbocycles. The van der Waals surface area contributed by atoms with Crippen molar-refractivity contribution in [1.29, 1.82) is 0 Å². The van der Waals surface area contributed by atoms with Gasteiger partial charge in [0.25, 0.3) is 5.91 Å². The van der Waals surface area contributed by atoms with E-state index in [0.29, 0.717) is 11.6 Å². The van der Waals surface area contributed by atoms with Gasteiger partial charge in [0.05, 0.1) is 20.4 Å². The monoisotopic (exact) mass is 460 g/mol. The molecule has 0 atom stereocenters. The summed E-state index contributed by atoms with van der Waals surface area (Å²) in [6.45, 7) is 9.67. The van der Waals surface area contributed by atoms with E-state index in [0.717, 1.165) is 45.2 Å². The summed E-state index contributed by atoms with van der Waals surface area (Å²) in [5.74, 6) is -0.0749. The number of likely N-dealkylation sites (N-methyl/N-ethyl adjacent to an activating group) is 1. The second-order valence-electron chi connectivity index (χ2n) is 6.94. The first kappa shape index (κ1) is 22.6. The third-order valence-corrected chi connectivity index (χ3v) is 7.09. The van der Waals surface area contributed by atoms with E-state index >= 15 is 0 Å². The minimum absolute atomic E-state index is 0. The number of benzene rings is 2. The van der Waals surface area contributed by atoms with E-state index in [1.807, 2.05) is 30.3 Å². The van der Waals surface area contributed by atoms with Crippen LogP contribution in [0.3, 0.4) is 0 Å². The van der Waals surface area contributed by atoms with Gasteiger partial charge in [0.15, 0.2) is 10.1 Å². The van der Waals surface area contributed by atoms with E-state index in [9.17, 15) is 4.79 Å². The van der Waals surface area contributed by atoms with Crippen molar-refractivity contribution in [3.8, 4) is 0 Å². The molecular formula is C22H25ClN4OS2. The average molecular weight is 461 g/mol. The van der Waals surface area contributed by atoms with Crippen molar-refractivity contribution in [2.45, 2.75) is 20.8 Å². The molecule has 8 heteroatoms. The van der Waals surface area contributed by atoms with Crippen LogP contribution in [0.4, 0.5) is 5.13 Å². The Labute approximate surface area is 190 Å². The van der Waals surface area contributed by atoms with Gasteiger partial charge in [0.1, 0.15) is 0 Å². The van der Waals surface area contributed by atoms with Crippen LogP contribution in [0.15, 0.2) is 42.5 Å². The molecule has 5 nitrogen and oxygen atoms in total. The fourth-order valence-corrected chi connectivity index (χ4v) is 5.28. The number of aromatic nitrogens is 2. The fourth-order valence-electron chi connectivity index (χ4n) is 3.28. The Hall–Kier alpha value is -2.06. The van der Waals surface area contributed by atoms with Crippen molar-refractivity contribution < 1.29 is 4.79 Å². The number of halogens is 1. The van der Waals surface area contributed by atoms with Gasteiger partial charge in [-0.3, -0.25) is 9.69 Å². The van der Waals surface area contributed by atoms with Crippen LogP contribution in [0, 0.1) is 6.92 Å². The van der Waals surface area contributed by atoms with Crippen LogP contribution in [0.5, 0.6) is 0 Å². The van der Waals surface area contributed by atoms with E-state index in [2.05, 4.69) is 42.8 Å². The maximum Gasteiger partial charge on any atom is 0.289 e. The maximum atomic E-state index is 13.5. The summed E-state index contributed by atoms with van der Waals surface area (Å²) in [7, 11) is 0. The molecule has 1 amide bonds. The molecule has 0 saturated heterocycles. The first-order valence-electron chi connectivity index (χ1n) is 9.86. The molecule has 0 aliphatic heterocycles. The number of carbonyl (C=O) groups is 1. The van der Waals surface area contributed by atoms with Crippen LogP contribution in [0.25, 0.3) is 20.4 Å². The zero-order valence-corrected chi connectivity index (χ0v) is 19.7. The summed E-state index contributed by atoms with van der Waals surface area (Å²) in [6, 6.07) is 14.1. The first-order chi connectivity index (χ1) is 14.1. The lowest BCUT2D eigenvalue weighted by atomic mass is 10.2. The van der Waals surface area contributed by atoms with Crippen LogP contribution in [-0.4, -0.2) is 47.0 Å². The largest absolute Gasteiger partial charge is 0.302 e. The highest BCUT2D eigenvalue weighted by molar-refractivity contribution is 7.23. The lowest BCUT2D eigenvalue weighted by molar-refractivity contribution is 0.0983. The SMILES string of the molecule is CCN(CC)CCN(C(=O)c1nc2ccccc2s1)c1nc2ccc(C)cc2s1.Cl. The number of amides is 1. The second-order valence-corrected chi connectivity index (χ2v) is 8.98. The predicted molar refractivity (Wildman–Crippen MR) is 131 cm³/mol. The van der Waals surface area contributed by atoms with Crippen molar-refractivity contribution in [3.63, 3.8) is 0 Å². The molecule has 0 aliphatic carbocycles. The number of para-hydroxylation sites is 1. The number of hydrogen-bond acceptors (Lipinski definition) is 6. The van der Waals surface area contributed by atoms with E-state index in [1.54, 1.807) is 16.2 Å². The van der Waals surface area contributed by atoms with Crippen molar-refractivity contribution >= 4 is 66.6 Å². The van der Waals surface area contributed by atoms with Crippen LogP contribution in [0.2, 0.25) is 0 Å². The van der Waals surface area contributed by atoms with E-state index in [4.69, 9.17) is 4.98 Å². The number of anilines is 1. The molecule has 30 heavy (non-hydrogen) atoms. The van der Waals surface area contributed by atoms with E-state index in [-0.39, 0.29) is 18.3 Å². The number of nitrogens with zero attached hydrogens (tertiary/aromatic N) is 4. The Morgan fingerprint density at radius 1 is 0.933 bits per heavy atom. The van der Waals surface area contributed by atoms with Gasteiger partial charge < -0.3 is 4.90 Å². The Kier molecular flexibility index (Phi) is 7.41. The smallest absolute Gasteiger partial charge is 0.289 e. The van der Waals surface area contributed by atoms with Crippen LogP contribution in [-0.2, 0) is 0 Å². The third-order valence-electron chi connectivity index (χ3n) is 5.02. The fraction of sp³-hybridized carbons (Fsp3) is 0.318. The van der Waals surface area contributed by atoms with Gasteiger partial charge in [-0.15, -0.1) is 23.7 Å². The Morgan fingerprint density at radius 2 is 1.67 bits per heavy atom. The summed E-state index contributed by atoms with van der Waals surface area (Å²) in [4.78, 5) is 26.9. The summed E-state index contributed by atoms with van der Waals surface area (Å²) in [5, 5.41) is 1.25. The molecule has 4 aromatic rings. The quantitative estimate of drug-likeness (QED) is 0.359. The minimum Gasteiger partial charge on any atom is -0.302 e. The van der Waals surface area contributed by atoms with Gasteiger partial charge >= 0.3 is 0 Å². The Balaban J connectivity index is 0.00000256. The molecule has 0 unspecified atom stereocenters. The zero-order chi connectivity index (χ0) is 20.4. The second kappa shape index (κ2) is 9.83. The summed E-state index contributed by atoms with van der Waals surface area (Å²) in [5.41, 5.74) is 2.99. The predicted octanol–water partition coefficient (Wildman–Crippen LogP) is 5.62. The van der Waals surface area contributed by atoms with Gasteiger partial charge in [-0.2, -0.15) is 0 Å². The highest BCUT2D eigenvalue weighted by Gasteiger charge is 2.24. The topological polar surface area (TPSA) is 49.3 Å².